The number of nitrogens with zero attached hydrogens (tertiary/aromatic N) is 2. The summed E-state index contributed by atoms with van der Waals surface area (Å²) in [5.74, 6) is 0.777. The summed E-state index contributed by atoms with van der Waals surface area (Å²) in [5.41, 5.74) is 3.98. The number of rotatable bonds is 9. The quantitative estimate of drug-likeness (QED) is 0.639. The van der Waals surface area contributed by atoms with Gasteiger partial charge < -0.3 is 20.3 Å². The fraction of sp³-hybridized carbons (Fsp3) is 0.542. The van der Waals surface area contributed by atoms with Gasteiger partial charge in [-0.3, -0.25) is 0 Å². The molecule has 1 aromatic carbocycles. The van der Waals surface area contributed by atoms with E-state index in [4.69, 9.17) is 4.74 Å². The first kappa shape index (κ1) is 20.2. The molecule has 0 radical (unpaired) electrons. The van der Waals surface area contributed by atoms with Crippen LogP contribution >= 0.6 is 0 Å². The molecule has 2 N–H and O–H groups in total. The predicted molar refractivity (Wildman–Crippen MR) is 119 cm³/mol. The van der Waals surface area contributed by atoms with Crippen LogP contribution in [-0.2, 0) is 6.42 Å². The van der Waals surface area contributed by atoms with E-state index in [1.54, 1.807) is 0 Å². The minimum absolute atomic E-state index is 0.315. The topological polar surface area (TPSA) is 49.4 Å². The SMILES string of the molecule is CNC1CC(Oc2cc(CCCNC3CCN(c4ccc(C)cc4)C3)ccn2)C1. The zero-order valence-corrected chi connectivity index (χ0v) is 17.7. The molecule has 2 fully saturated rings. The summed E-state index contributed by atoms with van der Waals surface area (Å²) in [5, 5.41) is 7.03. The van der Waals surface area contributed by atoms with Gasteiger partial charge in [0.2, 0.25) is 5.88 Å². The third-order valence-electron chi connectivity index (χ3n) is 6.25. The molecule has 4 rings (SSSR count). The Morgan fingerprint density at radius 2 is 1.97 bits per heavy atom. The average Bonchev–Trinajstić information content (AvgIpc) is 3.17. The van der Waals surface area contributed by atoms with Crippen LogP contribution < -0.4 is 20.3 Å². The normalized spacial score (nSPS) is 23.8. The van der Waals surface area contributed by atoms with Crippen LogP contribution in [-0.4, -0.2) is 49.9 Å². The van der Waals surface area contributed by atoms with Crippen molar-refractivity contribution in [2.24, 2.45) is 0 Å². The highest BCUT2D eigenvalue weighted by molar-refractivity contribution is 5.48. The lowest BCUT2D eigenvalue weighted by Gasteiger charge is -2.34. The van der Waals surface area contributed by atoms with Crippen LogP contribution in [0.15, 0.2) is 42.6 Å². The molecule has 1 unspecified atom stereocenters. The monoisotopic (exact) mass is 394 g/mol. The Morgan fingerprint density at radius 1 is 1.14 bits per heavy atom. The molecule has 0 spiro atoms. The third-order valence-corrected chi connectivity index (χ3v) is 6.25. The lowest BCUT2D eigenvalue weighted by atomic mass is 9.89. The summed E-state index contributed by atoms with van der Waals surface area (Å²) in [6.45, 7) is 5.44. The van der Waals surface area contributed by atoms with Crippen molar-refractivity contribution in [1.82, 2.24) is 15.6 Å². The van der Waals surface area contributed by atoms with Gasteiger partial charge in [0.25, 0.3) is 0 Å². The molecule has 1 aliphatic carbocycles. The van der Waals surface area contributed by atoms with Gasteiger partial charge in [0.05, 0.1) is 0 Å². The fourth-order valence-corrected chi connectivity index (χ4v) is 4.25. The number of aryl methyl sites for hydroxylation is 2. The van der Waals surface area contributed by atoms with E-state index in [-0.39, 0.29) is 0 Å². The third kappa shape index (κ3) is 5.49. The molecule has 156 valence electrons. The van der Waals surface area contributed by atoms with Crippen LogP contribution in [0.5, 0.6) is 5.88 Å². The van der Waals surface area contributed by atoms with Gasteiger partial charge in [-0.15, -0.1) is 0 Å². The lowest BCUT2D eigenvalue weighted by Crippen LogP contribution is -2.45. The number of hydrogen-bond donors (Lipinski definition) is 2. The molecule has 5 nitrogen and oxygen atoms in total. The van der Waals surface area contributed by atoms with E-state index >= 15 is 0 Å². The maximum absolute atomic E-state index is 6.00. The van der Waals surface area contributed by atoms with Crippen molar-refractivity contribution >= 4 is 5.69 Å². The summed E-state index contributed by atoms with van der Waals surface area (Å²) in [6.07, 6.45) is 7.76. The molecule has 0 bridgehead atoms. The zero-order chi connectivity index (χ0) is 20.1. The maximum Gasteiger partial charge on any atom is 0.213 e. The van der Waals surface area contributed by atoms with E-state index in [0.717, 1.165) is 51.2 Å². The fourth-order valence-electron chi connectivity index (χ4n) is 4.25. The van der Waals surface area contributed by atoms with Gasteiger partial charge in [-0.1, -0.05) is 17.7 Å². The second-order valence-corrected chi connectivity index (χ2v) is 8.52. The van der Waals surface area contributed by atoms with Gasteiger partial charge in [0.1, 0.15) is 6.10 Å². The van der Waals surface area contributed by atoms with Crippen LogP contribution in [0.1, 0.15) is 36.8 Å². The number of pyridine rings is 1. The molecule has 2 heterocycles. The molecule has 2 aliphatic rings. The van der Waals surface area contributed by atoms with E-state index in [1.807, 2.05) is 13.2 Å². The van der Waals surface area contributed by atoms with E-state index in [2.05, 4.69) is 63.8 Å². The first-order chi connectivity index (χ1) is 14.2. The van der Waals surface area contributed by atoms with Gasteiger partial charge in [0, 0.05) is 43.1 Å². The minimum Gasteiger partial charge on any atom is -0.474 e. The Labute approximate surface area is 174 Å². The first-order valence-corrected chi connectivity index (χ1v) is 11.0. The summed E-state index contributed by atoms with van der Waals surface area (Å²) in [7, 11) is 2.01. The summed E-state index contributed by atoms with van der Waals surface area (Å²) >= 11 is 0. The summed E-state index contributed by atoms with van der Waals surface area (Å²) in [4.78, 5) is 6.87. The molecule has 5 heteroatoms. The Morgan fingerprint density at radius 3 is 2.76 bits per heavy atom. The van der Waals surface area contributed by atoms with Gasteiger partial charge in [-0.25, -0.2) is 4.98 Å². The molecule has 29 heavy (non-hydrogen) atoms. The Bertz CT molecular complexity index is 773. The van der Waals surface area contributed by atoms with Crippen molar-refractivity contribution in [2.75, 3.05) is 31.6 Å². The van der Waals surface area contributed by atoms with Crippen LogP contribution in [0.25, 0.3) is 0 Å². The van der Waals surface area contributed by atoms with Gasteiger partial charge in [-0.2, -0.15) is 0 Å². The minimum atomic E-state index is 0.315. The predicted octanol–water partition coefficient (Wildman–Crippen LogP) is 3.32. The zero-order valence-electron chi connectivity index (χ0n) is 17.7. The van der Waals surface area contributed by atoms with Crippen molar-refractivity contribution in [3.8, 4) is 5.88 Å². The lowest BCUT2D eigenvalue weighted by molar-refractivity contribution is 0.0838. The molecule has 1 saturated carbocycles. The molecule has 1 aliphatic heterocycles. The highest BCUT2D eigenvalue weighted by Crippen LogP contribution is 2.25. The van der Waals surface area contributed by atoms with Gasteiger partial charge in [0.15, 0.2) is 0 Å². The second-order valence-electron chi connectivity index (χ2n) is 8.52. The number of ether oxygens (including phenoxy) is 1. The largest absolute Gasteiger partial charge is 0.474 e. The number of nitrogens with one attached hydrogen (secondary N) is 2. The molecule has 1 atom stereocenters. The Kier molecular flexibility index (Phi) is 6.67. The van der Waals surface area contributed by atoms with E-state index in [9.17, 15) is 0 Å². The van der Waals surface area contributed by atoms with Crippen molar-refractivity contribution in [1.29, 1.82) is 0 Å². The Balaban J connectivity index is 1.15. The standard InChI is InChI=1S/C24H34N4O/c1-18-5-7-22(8-6-18)28-13-10-20(17-28)26-11-3-4-19-9-12-27-24(14-19)29-23-15-21(16-23)25-2/h5-9,12,14,20-21,23,25-26H,3-4,10-11,13,15-17H2,1-2H3. The van der Waals surface area contributed by atoms with Gasteiger partial charge in [-0.05, 0) is 76.4 Å². The smallest absolute Gasteiger partial charge is 0.213 e. The molecule has 1 aromatic heterocycles. The summed E-state index contributed by atoms with van der Waals surface area (Å²) in [6, 6.07) is 14.3. The molecular formula is C24H34N4O. The first-order valence-electron chi connectivity index (χ1n) is 11.0. The maximum atomic E-state index is 6.00. The van der Waals surface area contributed by atoms with E-state index in [1.165, 1.54) is 23.2 Å². The number of anilines is 1. The van der Waals surface area contributed by atoms with E-state index in [0.29, 0.717) is 18.2 Å². The van der Waals surface area contributed by atoms with Crippen molar-refractivity contribution < 1.29 is 4.74 Å². The molecule has 1 saturated heterocycles. The van der Waals surface area contributed by atoms with Crippen molar-refractivity contribution in [2.45, 2.75) is 57.2 Å². The highest BCUT2D eigenvalue weighted by Gasteiger charge is 2.29. The van der Waals surface area contributed by atoms with Crippen LogP contribution in [0.4, 0.5) is 5.69 Å². The molecule has 2 aromatic rings. The molecular weight excluding hydrogens is 360 g/mol. The van der Waals surface area contributed by atoms with Crippen molar-refractivity contribution in [3.05, 3.63) is 53.7 Å². The van der Waals surface area contributed by atoms with E-state index < -0.39 is 0 Å². The number of aromatic nitrogens is 1. The number of hydrogen-bond acceptors (Lipinski definition) is 5. The number of benzene rings is 1. The van der Waals surface area contributed by atoms with Crippen LogP contribution in [0.2, 0.25) is 0 Å². The second kappa shape index (κ2) is 9.59. The van der Waals surface area contributed by atoms with Gasteiger partial charge >= 0.3 is 0 Å². The van der Waals surface area contributed by atoms with Crippen LogP contribution in [0.3, 0.4) is 0 Å². The summed E-state index contributed by atoms with van der Waals surface area (Å²) < 4.78 is 6.00. The molecule has 0 amide bonds. The highest BCUT2D eigenvalue weighted by atomic mass is 16.5. The average molecular weight is 395 g/mol. The van der Waals surface area contributed by atoms with Crippen molar-refractivity contribution in [3.63, 3.8) is 0 Å². The Hall–Kier alpha value is -2.11. The van der Waals surface area contributed by atoms with Crippen LogP contribution in [0, 0.1) is 6.92 Å².